The summed E-state index contributed by atoms with van der Waals surface area (Å²) < 4.78 is 32.3. The van der Waals surface area contributed by atoms with E-state index in [9.17, 15) is 18.0 Å². The van der Waals surface area contributed by atoms with E-state index in [1.165, 1.54) is 36.9 Å². The van der Waals surface area contributed by atoms with Gasteiger partial charge in [0.15, 0.2) is 0 Å². The number of ether oxygens (including phenoxy) is 1. The number of carbonyl (C=O) groups excluding carboxylic acids is 2. The molecule has 0 unspecified atom stereocenters. The summed E-state index contributed by atoms with van der Waals surface area (Å²) in [5.74, 6) is -0.442. The molecule has 31 heavy (non-hydrogen) atoms. The fourth-order valence-corrected chi connectivity index (χ4v) is 3.98. The van der Waals surface area contributed by atoms with Crippen LogP contribution in [-0.4, -0.2) is 45.3 Å². The maximum Gasteiger partial charge on any atom is 0.319 e. The fourth-order valence-electron chi connectivity index (χ4n) is 2.57. The molecule has 2 aromatic carbocycles. The molecule has 0 aliphatic carbocycles. The van der Waals surface area contributed by atoms with Gasteiger partial charge in [-0.05, 0) is 49.2 Å². The molecule has 10 nitrogen and oxygen atoms in total. The number of rotatable bonds is 10. The Balaban J connectivity index is 1.90. The molecule has 1 atom stereocenters. The van der Waals surface area contributed by atoms with E-state index in [0.717, 1.165) is 0 Å². The first-order chi connectivity index (χ1) is 14.8. The van der Waals surface area contributed by atoms with E-state index < -0.39 is 28.0 Å². The van der Waals surface area contributed by atoms with Gasteiger partial charge < -0.3 is 15.4 Å². The molecule has 0 saturated carbocycles. The number of halogens is 1. The first kappa shape index (κ1) is 24.4. The van der Waals surface area contributed by atoms with Gasteiger partial charge in [-0.1, -0.05) is 23.7 Å². The van der Waals surface area contributed by atoms with Gasteiger partial charge in [0.2, 0.25) is 10.0 Å². The number of nitrogens with one attached hydrogen (secondary N) is 4. The molecule has 2 aromatic rings. The molecule has 12 heteroatoms. The minimum absolute atomic E-state index is 0.0220. The molecule has 168 valence electrons. The zero-order valence-corrected chi connectivity index (χ0v) is 18.2. The number of hydroxylamine groups is 1. The van der Waals surface area contributed by atoms with Crippen molar-refractivity contribution in [3.8, 4) is 5.75 Å². The summed E-state index contributed by atoms with van der Waals surface area (Å²) in [6.45, 7) is 0.149. The third-order valence-corrected chi connectivity index (χ3v) is 5.99. The van der Waals surface area contributed by atoms with Crippen molar-refractivity contribution in [3.63, 3.8) is 0 Å². The van der Waals surface area contributed by atoms with Crippen molar-refractivity contribution < 1.29 is 28.0 Å². The number of anilines is 1. The number of hydrogen-bond acceptors (Lipinski definition) is 6. The zero-order chi connectivity index (χ0) is 22.9. The van der Waals surface area contributed by atoms with E-state index in [4.69, 9.17) is 21.5 Å². The van der Waals surface area contributed by atoms with Crippen LogP contribution in [0, 0.1) is 0 Å². The Bertz CT molecular complexity index is 1000. The lowest BCUT2D eigenvalue weighted by atomic mass is 10.1. The Hall–Kier alpha value is -2.86. The molecule has 0 saturated heterocycles. The number of benzene rings is 2. The predicted octanol–water partition coefficient (Wildman–Crippen LogP) is 2.10. The van der Waals surface area contributed by atoms with Crippen molar-refractivity contribution in [2.45, 2.75) is 23.8 Å². The van der Waals surface area contributed by atoms with Crippen molar-refractivity contribution in [2.24, 2.45) is 0 Å². The van der Waals surface area contributed by atoms with Gasteiger partial charge in [0, 0.05) is 6.54 Å². The van der Waals surface area contributed by atoms with Crippen LogP contribution in [0.4, 0.5) is 10.5 Å². The predicted molar refractivity (Wildman–Crippen MR) is 115 cm³/mol. The Kier molecular flexibility index (Phi) is 9.06. The van der Waals surface area contributed by atoms with Crippen LogP contribution in [0.15, 0.2) is 53.4 Å². The molecular formula is C19H23ClN4O6S. The van der Waals surface area contributed by atoms with Gasteiger partial charge in [0.1, 0.15) is 11.8 Å². The molecule has 0 aliphatic heterocycles. The van der Waals surface area contributed by atoms with Crippen LogP contribution in [-0.2, 0) is 14.8 Å². The summed E-state index contributed by atoms with van der Waals surface area (Å²) in [6, 6.07) is 10.6. The van der Waals surface area contributed by atoms with Crippen LogP contribution in [0.3, 0.4) is 0 Å². The summed E-state index contributed by atoms with van der Waals surface area (Å²) >= 11 is 5.97. The number of para-hydroxylation sites is 1. The first-order valence-corrected chi connectivity index (χ1v) is 11.0. The summed E-state index contributed by atoms with van der Waals surface area (Å²) in [7, 11) is -2.58. The van der Waals surface area contributed by atoms with Crippen LogP contribution in [0.5, 0.6) is 5.75 Å². The SMILES string of the molecule is COc1ccc(S(=O)(=O)N[C@H](CCCNC(=O)Nc2ccccc2Cl)C(=O)NO)cc1. The van der Waals surface area contributed by atoms with Gasteiger partial charge in [-0.3, -0.25) is 10.0 Å². The lowest BCUT2D eigenvalue weighted by molar-refractivity contribution is -0.131. The zero-order valence-electron chi connectivity index (χ0n) is 16.6. The van der Waals surface area contributed by atoms with Crippen LogP contribution in [0.25, 0.3) is 0 Å². The van der Waals surface area contributed by atoms with Gasteiger partial charge in [-0.25, -0.2) is 18.7 Å². The van der Waals surface area contributed by atoms with Gasteiger partial charge in [0.25, 0.3) is 5.91 Å². The summed E-state index contributed by atoms with van der Waals surface area (Å²) in [5.41, 5.74) is 1.88. The van der Waals surface area contributed by atoms with E-state index in [1.54, 1.807) is 24.3 Å². The van der Waals surface area contributed by atoms with E-state index >= 15 is 0 Å². The molecule has 0 bridgehead atoms. The van der Waals surface area contributed by atoms with E-state index in [2.05, 4.69) is 15.4 Å². The van der Waals surface area contributed by atoms with E-state index in [0.29, 0.717) is 16.5 Å². The quantitative estimate of drug-likeness (QED) is 0.204. The Morgan fingerprint density at radius 3 is 2.42 bits per heavy atom. The molecule has 2 rings (SSSR count). The standard InChI is InChI=1S/C19H23ClN4O6S/c1-30-13-8-10-14(11-9-13)31(28,29)24-17(18(25)23-27)7-4-12-21-19(26)22-16-6-3-2-5-15(16)20/h2-3,5-6,8-11,17,24,27H,4,7,12H2,1H3,(H,23,25)(H2,21,22,26)/t17-/m1/s1. The van der Waals surface area contributed by atoms with Gasteiger partial charge in [-0.2, -0.15) is 4.72 Å². The molecule has 5 N–H and O–H groups in total. The molecular weight excluding hydrogens is 448 g/mol. The monoisotopic (exact) mass is 470 g/mol. The minimum Gasteiger partial charge on any atom is -0.497 e. The van der Waals surface area contributed by atoms with Crippen LogP contribution < -0.4 is 25.6 Å². The van der Waals surface area contributed by atoms with E-state index in [-0.39, 0.29) is 24.3 Å². The van der Waals surface area contributed by atoms with Gasteiger partial charge in [-0.15, -0.1) is 0 Å². The second-order valence-electron chi connectivity index (χ2n) is 6.33. The lowest BCUT2D eigenvalue weighted by Crippen LogP contribution is -2.46. The molecule has 0 aromatic heterocycles. The van der Waals surface area contributed by atoms with Crippen molar-refractivity contribution in [3.05, 3.63) is 53.6 Å². The number of methoxy groups -OCH3 is 1. The Morgan fingerprint density at radius 1 is 1.13 bits per heavy atom. The van der Waals surface area contributed by atoms with Gasteiger partial charge in [0.05, 0.1) is 22.7 Å². The average molecular weight is 471 g/mol. The largest absolute Gasteiger partial charge is 0.497 e. The fraction of sp³-hybridized carbons (Fsp3) is 0.263. The van der Waals surface area contributed by atoms with Gasteiger partial charge >= 0.3 is 6.03 Å². The maximum atomic E-state index is 12.5. The number of sulfonamides is 1. The second-order valence-corrected chi connectivity index (χ2v) is 8.45. The van der Waals surface area contributed by atoms with E-state index in [1.807, 2.05) is 0 Å². The molecule has 0 heterocycles. The Morgan fingerprint density at radius 2 is 1.81 bits per heavy atom. The van der Waals surface area contributed by atoms with Crippen molar-refractivity contribution in [2.75, 3.05) is 19.0 Å². The molecule has 0 spiro atoms. The third-order valence-electron chi connectivity index (χ3n) is 4.17. The normalized spacial score (nSPS) is 12.0. The lowest BCUT2D eigenvalue weighted by Gasteiger charge is -2.17. The summed E-state index contributed by atoms with van der Waals surface area (Å²) in [5, 5.41) is 14.5. The van der Waals surface area contributed by atoms with Crippen LogP contribution in [0.2, 0.25) is 5.02 Å². The third kappa shape index (κ3) is 7.40. The number of carbonyl (C=O) groups is 2. The van der Waals surface area contributed by atoms with Crippen LogP contribution in [0.1, 0.15) is 12.8 Å². The van der Waals surface area contributed by atoms with Crippen LogP contribution >= 0.6 is 11.6 Å². The highest BCUT2D eigenvalue weighted by Crippen LogP contribution is 2.20. The topological polar surface area (TPSA) is 146 Å². The Labute approximate surface area is 184 Å². The number of hydrogen-bond donors (Lipinski definition) is 5. The number of urea groups is 1. The molecule has 0 fully saturated rings. The molecule has 0 radical (unpaired) electrons. The molecule has 3 amide bonds. The highest BCUT2D eigenvalue weighted by atomic mass is 35.5. The maximum absolute atomic E-state index is 12.5. The first-order valence-electron chi connectivity index (χ1n) is 9.16. The molecule has 0 aliphatic rings. The summed E-state index contributed by atoms with van der Waals surface area (Å²) in [6.07, 6.45) is 0.271. The summed E-state index contributed by atoms with van der Waals surface area (Å²) in [4.78, 5) is 23.8. The number of amides is 3. The average Bonchev–Trinajstić information content (AvgIpc) is 2.76. The smallest absolute Gasteiger partial charge is 0.319 e. The van der Waals surface area contributed by atoms with Crippen molar-refractivity contribution in [1.29, 1.82) is 0 Å². The highest BCUT2D eigenvalue weighted by molar-refractivity contribution is 7.89. The highest BCUT2D eigenvalue weighted by Gasteiger charge is 2.25. The van der Waals surface area contributed by atoms with Crippen molar-refractivity contribution >= 4 is 39.2 Å². The minimum atomic E-state index is -4.03. The van der Waals surface area contributed by atoms with Crippen molar-refractivity contribution in [1.82, 2.24) is 15.5 Å². The second kappa shape index (κ2) is 11.5.